The second-order valence-electron chi connectivity index (χ2n) is 12.9. The minimum absolute atomic E-state index is 0.0328. The number of hydrogen-bond acceptors (Lipinski definition) is 2. The molecule has 0 unspecified atom stereocenters. The Morgan fingerprint density at radius 3 is 1.59 bits per heavy atom. The fraction of sp³-hybridized carbons (Fsp3) is 0.676. The molecule has 0 amide bonds. The van der Waals surface area contributed by atoms with E-state index in [1.165, 1.54) is 63.5 Å². The molecule has 0 bridgehead atoms. The van der Waals surface area contributed by atoms with Gasteiger partial charge in [0.2, 0.25) is 11.6 Å². The van der Waals surface area contributed by atoms with Gasteiger partial charge in [-0.1, -0.05) is 93.3 Å². The predicted octanol–water partition coefficient (Wildman–Crippen LogP) is 12.5. The molecule has 1 N–H and O–H groups in total. The standard InChI is InChI=1S/C20H29BrF2O.C17H24F2O/c1-2-3-4-6-15-7-9-16(10-8-15)17-11-12-18(20(23)19(17)22)24-14-5-13-21;1-2-3-4-5-12-6-8-13(9-7-12)14-10-11-15(20)17(19)16(14)18/h11-12,15-16H,2-10,13-14H2,1H3;10-13,20H,2-9H2,1H3. The van der Waals surface area contributed by atoms with Crippen molar-refractivity contribution >= 4 is 15.9 Å². The molecule has 2 aliphatic carbocycles. The average Bonchev–Trinajstić information content (AvgIpc) is 3.04. The second kappa shape index (κ2) is 19.7. The van der Waals surface area contributed by atoms with Gasteiger partial charge in [-0.15, -0.1) is 0 Å². The fourth-order valence-electron chi connectivity index (χ4n) is 6.97. The number of phenolic OH excluding ortho intramolecular Hbond substituents is 1. The predicted molar refractivity (Wildman–Crippen MR) is 176 cm³/mol. The van der Waals surface area contributed by atoms with E-state index < -0.39 is 29.0 Å². The number of hydrogen-bond donors (Lipinski definition) is 1. The Bertz CT molecular complexity index is 1110. The smallest absolute Gasteiger partial charge is 0.200 e. The summed E-state index contributed by atoms with van der Waals surface area (Å²) >= 11 is 3.30. The Morgan fingerprint density at radius 1 is 0.636 bits per heavy atom. The lowest BCUT2D eigenvalue weighted by Gasteiger charge is -2.29. The fourth-order valence-corrected chi connectivity index (χ4v) is 7.20. The van der Waals surface area contributed by atoms with Crippen LogP contribution in [-0.4, -0.2) is 17.0 Å². The van der Waals surface area contributed by atoms with Gasteiger partial charge in [0.05, 0.1) is 6.61 Å². The van der Waals surface area contributed by atoms with Crippen LogP contribution in [0.4, 0.5) is 17.6 Å². The number of rotatable bonds is 14. The Hall–Kier alpha value is -1.76. The quantitative estimate of drug-likeness (QED) is 0.122. The van der Waals surface area contributed by atoms with Gasteiger partial charge in [0.15, 0.2) is 23.1 Å². The number of unbranched alkanes of at least 4 members (excludes halogenated alkanes) is 4. The maximum atomic E-state index is 14.4. The van der Waals surface area contributed by atoms with E-state index in [1.54, 1.807) is 12.1 Å². The van der Waals surface area contributed by atoms with Gasteiger partial charge in [0.1, 0.15) is 0 Å². The zero-order chi connectivity index (χ0) is 31.9. The molecule has 0 saturated heterocycles. The van der Waals surface area contributed by atoms with Crippen molar-refractivity contribution in [3.8, 4) is 11.5 Å². The van der Waals surface area contributed by atoms with Crippen LogP contribution in [0.2, 0.25) is 0 Å². The minimum atomic E-state index is -1.10. The van der Waals surface area contributed by atoms with Crippen LogP contribution in [-0.2, 0) is 0 Å². The van der Waals surface area contributed by atoms with Crippen LogP contribution in [0.3, 0.4) is 0 Å². The van der Waals surface area contributed by atoms with Crippen LogP contribution in [0.1, 0.15) is 146 Å². The van der Waals surface area contributed by atoms with E-state index in [0.29, 0.717) is 17.7 Å². The number of ether oxygens (including phenoxy) is 1. The molecule has 4 rings (SSSR count). The first-order valence-corrected chi connectivity index (χ1v) is 18.3. The maximum Gasteiger partial charge on any atom is 0.200 e. The van der Waals surface area contributed by atoms with Gasteiger partial charge >= 0.3 is 0 Å². The molecule has 2 saturated carbocycles. The lowest BCUT2D eigenvalue weighted by molar-refractivity contribution is 0.286. The summed E-state index contributed by atoms with van der Waals surface area (Å²) in [6, 6.07) is 6.12. The van der Waals surface area contributed by atoms with Crippen LogP contribution >= 0.6 is 15.9 Å². The summed E-state index contributed by atoms with van der Waals surface area (Å²) in [7, 11) is 0. The highest BCUT2D eigenvalue weighted by Gasteiger charge is 2.27. The van der Waals surface area contributed by atoms with Crippen molar-refractivity contribution in [2.24, 2.45) is 11.8 Å². The summed E-state index contributed by atoms with van der Waals surface area (Å²) in [5.41, 5.74) is 0.972. The first-order valence-electron chi connectivity index (χ1n) is 17.1. The summed E-state index contributed by atoms with van der Waals surface area (Å²) in [5.74, 6) is -2.29. The lowest BCUT2D eigenvalue weighted by atomic mass is 9.77. The van der Waals surface area contributed by atoms with Crippen molar-refractivity contribution in [2.75, 3.05) is 11.9 Å². The van der Waals surface area contributed by atoms with Crippen molar-refractivity contribution in [2.45, 2.75) is 135 Å². The number of alkyl halides is 1. The topological polar surface area (TPSA) is 29.5 Å². The zero-order valence-electron chi connectivity index (χ0n) is 26.8. The SMILES string of the molecule is CCCCCC1CCC(c2ccc(O)c(F)c2F)CC1.CCCCCC1CCC(c2ccc(OCCCBr)c(F)c2F)CC1. The minimum Gasteiger partial charge on any atom is -0.505 e. The van der Waals surface area contributed by atoms with Gasteiger partial charge in [-0.2, -0.15) is 8.78 Å². The highest BCUT2D eigenvalue weighted by Crippen LogP contribution is 2.41. The molecule has 2 aromatic rings. The van der Waals surface area contributed by atoms with Gasteiger partial charge in [0, 0.05) is 5.33 Å². The van der Waals surface area contributed by atoms with E-state index in [2.05, 4.69) is 29.8 Å². The van der Waals surface area contributed by atoms with Crippen molar-refractivity contribution in [3.63, 3.8) is 0 Å². The Balaban J connectivity index is 0.000000244. The van der Waals surface area contributed by atoms with Crippen molar-refractivity contribution in [3.05, 3.63) is 58.7 Å². The summed E-state index contributed by atoms with van der Waals surface area (Å²) in [6.45, 7) is 4.82. The molecule has 2 aliphatic rings. The number of halogens is 5. The molecule has 2 aromatic carbocycles. The van der Waals surface area contributed by atoms with E-state index in [0.717, 1.165) is 75.0 Å². The molecule has 2 fully saturated rings. The van der Waals surface area contributed by atoms with Crippen LogP contribution in [0, 0.1) is 35.1 Å². The first kappa shape index (κ1) is 36.7. The molecule has 44 heavy (non-hydrogen) atoms. The van der Waals surface area contributed by atoms with Gasteiger partial charge in [-0.05, 0) is 105 Å². The van der Waals surface area contributed by atoms with Crippen molar-refractivity contribution < 1.29 is 27.4 Å². The second-order valence-corrected chi connectivity index (χ2v) is 13.7. The molecule has 0 aliphatic heterocycles. The van der Waals surface area contributed by atoms with E-state index in [-0.39, 0.29) is 17.6 Å². The molecule has 0 aromatic heterocycles. The summed E-state index contributed by atoms with van der Waals surface area (Å²) < 4.78 is 61.2. The molecular weight excluding hydrogens is 632 g/mol. The first-order chi connectivity index (χ1) is 21.3. The lowest BCUT2D eigenvalue weighted by Crippen LogP contribution is -2.15. The highest BCUT2D eigenvalue weighted by molar-refractivity contribution is 9.09. The van der Waals surface area contributed by atoms with E-state index in [9.17, 15) is 22.7 Å². The normalized spacial score (nSPS) is 21.9. The third-order valence-electron chi connectivity index (χ3n) is 9.71. The molecule has 0 heterocycles. The third-order valence-corrected chi connectivity index (χ3v) is 10.3. The largest absolute Gasteiger partial charge is 0.505 e. The van der Waals surface area contributed by atoms with Crippen LogP contribution in [0.5, 0.6) is 11.5 Å². The number of phenols is 1. The van der Waals surface area contributed by atoms with Crippen molar-refractivity contribution in [1.29, 1.82) is 0 Å². The molecule has 2 nitrogen and oxygen atoms in total. The summed E-state index contributed by atoms with van der Waals surface area (Å²) in [4.78, 5) is 0. The van der Waals surface area contributed by atoms with Gasteiger partial charge in [0.25, 0.3) is 0 Å². The Labute approximate surface area is 271 Å². The zero-order valence-corrected chi connectivity index (χ0v) is 28.4. The number of aromatic hydroxyl groups is 1. The Kier molecular flexibility index (Phi) is 16.4. The van der Waals surface area contributed by atoms with Crippen LogP contribution in [0.25, 0.3) is 0 Å². The number of benzene rings is 2. The molecule has 0 spiro atoms. The Morgan fingerprint density at radius 2 is 1.11 bits per heavy atom. The van der Waals surface area contributed by atoms with Crippen LogP contribution < -0.4 is 4.74 Å². The van der Waals surface area contributed by atoms with Gasteiger partial charge in [-0.3, -0.25) is 0 Å². The third kappa shape index (κ3) is 10.9. The molecule has 0 radical (unpaired) electrons. The van der Waals surface area contributed by atoms with Crippen LogP contribution in [0.15, 0.2) is 24.3 Å². The summed E-state index contributed by atoms with van der Waals surface area (Å²) in [6.07, 6.45) is 19.3. The van der Waals surface area contributed by atoms with Crippen molar-refractivity contribution in [1.82, 2.24) is 0 Å². The summed E-state index contributed by atoms with van der Waals surface area (Å²) in [5, 5.41) is 9.96. The van der Waals surface area contributed by atoms with Gasteiger partial charge in [-0.25, -0.2) is 8.78 Å². The molecule has 0 atom stereocenters. The van der Waals surface area contributed by atoms with E-state index in [1.807, 2.05) is 0 Å². The van der Waals surface area contributed by atoms with Gasteiger partial charge < -0.3 is 9.84 Å². The highest BCUT2D eigenvalue weighted by atomic mass is 79.9. The molecule has 7 heteroatoms. The van der Waals surface area contributed by atoms with E-state index >= 15 is 0 Å². The van der Waals surface area contributed by atoms with E-state index in [4.69, 9.17) is 4.74 Å². The maximum absolute atomic E-state index is 14.4. The molecule has 248 valence electrons. The molecular formula is C37H53BrF4O2. The average molecular weight is 686 g/mol. The monoisotopic (exact) mass is 684 g/mol.